The molecule has 2 N–H and O–H groups in total. The van der Waals surface area contributed by atoms with E-state index in [1.165, 1.54) is 6.20 Å². The van der Waals surface area contributed by atoms with Crippen LogP contribution in [0.15, 0.2) is 36.7 Å². The van der Waals surface area contributed by atoms with Crippen LogP contribution in [0.5, 0.6) is 5.75 Å². The Morgan fingerprint density at radius 1 is 1.26 bits per heavy atom. The molecule has 3 nitrogen and oxygen atoms in total. The molecule has 0 aliphatic rings. The van der Waals surface area contributed by atoms with Crippen LogP contribution >= 0.6 is 0 Å². The normalized spacial score (nSPS) is 12.2. The van der Waals surface area contributed by atoms with Crippen LogP contribution in [0.25, 0.3) is 0 Å². The predicted molar refractivity (Wildman–Crippen MR) is 67.8 cm³/mol. The van der Waals surface area contributed by atoms with Crippen molar-refractivity contribution in [2.75, 3.05) is 6.61 Å². The first kappa shape index (κ1) is 13.4. The average molecular weight is 264 g/mol. The van der Waals surface area contributed by atoms with Crippen LogP contribution in [0.1, 0.15) is 24.1 Å². The SMILES string of the molecule is CCOc1cncc(C(N)c2cc(F)ccc2F)c1. The van der Waals surface area contributed by atoms with Gasteiger partial charge in [-0.15, -0.1) is 0 Å². The first-order chi connectivity index (χ1) is 9.11. The van der Waals surface area contributed by atoms with Crippen molar-refractivity contribution < 1.29 is 13.5 Å². The molecule has 5 heteroatoms. The summed E-state index contributed by atoms with van der Waals surface area (Å²) in [4.78, 5) is 3.98. The summed E-state index contributed by atoms with van der Waals surface area (Å²) in [6, 6.07) is 4.09. The third-order valence-corrected chi connectivity index (χ3v) is 2.70. The lowest BCUT2D eigenvalue weighted by Crippen LogP contribution is -2.14. The highest BCUT2D eigenvalue weighted by atomic mass is 19.1. The molecule has 0 aliphatic carbocycles. The van der Waals surface area contributed by atoms with E-state index >= 15 is 0 Å². The molecule has 0 saturated heterocycles. The Hall–Kier alpha value is -2.01. The van der Waals surface area contributed by atoms with Gasteiger partial charge in [-0.3, -0.25) is 4.98 Å². The van der Waals surface area contributed by atoms with Crippen molar-refractivity contribution in [1.82, 2.24) is 4.98 Å². The summed E-state index contributed by atoms with van der Waals surface area (Å²) in [6.07, 6.45) is 3.05. The Morgan fingerprint density at radius 2 is 2.05 bits per heavy atom. The van der Waals surface area contributed by atoms with Crippen molar-refractivity contribution in [3.8, 4) is 5.75 Å². The van der Waals surface area contributed by atoms with Gasteiger partial charge in [-0.05, 0) is 36.8 Å². The Kier molecular flexibility index (Phi) is 4.06. The minimum absolute atomic E-state index is 0.0930. The molecule has 0 saturated carbocycles. The van der Waals surface area contributed by atoms with Crippen molar-refractivity contribution >= 4 is 0 Å². The van der Waals surface area contributed by atoms with Crippen LogP contribution in [0.2, 0.25) is 0 Å². The van der Waals surface area contributed by atoms with Gasteiger partial charge in [0.2, 0.25) is 0 Å². The molecule has 2 rings (SSSR count). The van der Waals surface area contributed by atoms with Gasteiger partial charge in [0.1, 0.15) is 17.4 Å². The van der Waals surface area contributed by atoms with Gasteiger partial charge in [0.25, 0.3) is 0 Å². The molecule has 2 aromatic rings. The predicted octanol–water partition coefficient (Wildman–Crippen LogP) is 2.81. The number of hydrogen-bond acceptors (Lipinski definition) is 3. The minimum atomic E-state index is -0.788. The number of rotatable bonds is 4. The molecule has 1 unspecified atom stereocenters. The van der Waals surface area contributed by atoms with Gasteiger partial charge in [0.15, 0.2) is 0 Å². The van der Waals surface area contributed by atoms with Crippen molar-refractivity contribution in [3.63, 3.8) is 0 Å². The fraction of sp³-hybridized carbons (Fsp3) is 0.214. The summed E-state index contributed by atoms with van der Waals surface area (Å²) >= 11 is 0. The van der Waals surface area contributed by atoms with Crippen molar-refractivity contribution in [3.05, 3.63) is 59.4 Å². The van der Waals surface area contributed by atoms with Crippen LogP contribution in [-0.4, -0.2) is 11.6 Å². The smallest absolute Gasteiger partial charge is 0.137 e. The molecule has 1 aromatic heterocycles. The standard InChI is InChI=1S/C14H14F2N2O/c1-2-19-11-5-9(7-18-8-11)14(17)12-6-10(15)3-4-13(12)16/h3-8,14H,2,17H2,1H3. The van der Waals surface area contributed by atoms with E-state index in [2.05, 4.69) is 4.98 Å². The Balaban J connectivity index is 2.35. The maximum absolute atomic E-state index is 13.7. The van der Waals surface area contributed by atoms with E-state index in [9.17, 15) is 8.78 Å². The number of nitrogens with two attached hydrogens (primary N) is 1. The average Bonchev–Trinajstić information content (AvgIpc) is 2.41. The van der Waals surface area contributed by atoms with Crippen LogP contribution < -0.4 is 10.5 Å². The monoisotopic (exact) mass is 264 g/mol. The molecular weight excluding hydrogens is 250 g/mol. The third-order valence-electron chi connectivity index (χ3n) is 2.70. The summed E-state index contributed by atoms with van der Waals surface area (Å²) < 4.78 is 32.1. The molecule has 0 aliphatic heterocycles. The van der Waals surface area contributed by atoms with E-state index in [1.807, 2.05) is 6.92 Å². The maximum atomic E-state index is 13.7. The molecule has 1 aromatic carbocycles. The van der Waals surface area contributed by atoms with E-state index in [-0.39, 0.29) is 5.56 Å². The molecule has 1 atom stereocenters. The number of ether oxygens (including phenoxy) is 1. The zero-order valence-electron chi connectivity index (χ0n) is 10.4. The highest BCUT2D eigenvalue weighted by Crippen LogP contribution is 2.24. The Morgan fingerprint density at radius 3 is 2.79 bits per heavy atom. The Labute approximate surface area is 110 Å². The number of hydrogen-bond donors (Lipinski definition) is 1. The highest BCUT2D eigenvalue weighted by Gasteiger charge is 2.15. The zero-order valence-corrected chi connectivity index (χ0v) is 10.4. The molecule has 0 fully saturated rings. The largest absolute Gasteiger partial charge is 0.492 e. The van der Waals surface area contributed by atoms with E-state index in [4.69, 9.17) is 10.5 Å². The number of aromatic nitrogens is 1. The van der Waals surface area contributed by atoms with E-state index in [1.54, 1.807) is 12.3 Å². The van der Waals surface area contributed by atoms with E-state index in [0.29, 0.717) is 17.9 Å². The van der Waals surface area contributed by atoms with Gasteiger partial charge in [0, 0.05) is 11.8 Å². The molecule has 0 bridgehead atoms. The summed E-state index contributed by atoms with van der Waals surface area (Å²) in [5.41, 5.74) is 6.61. The van der Waals surface area contributed by atoms with Crippen LogP contribution in [0.3, 0.4) is 0 Å². The lowest BCUT2D eigenvalue weighted by Gasteiger charge is -2.14. The van der Waals surface area contributed by atoms with Gasteiger partial charge in [0.05, 0.1) is 18.8 Å². The summed E-state index contributed by atoms with van der Waals surface area (Å²) in [5.74, 6) is -0.524. The van der Waals surface area contributed by atoms with E-state index in [0.717, 1.165) is 18.2 Å². The molecule has 0 spiro atoms. The van der Waals surface area contributed by atoms with Crippen molar-refractivity contribution in [2.24, 2.45) is 5.73 Å². The number of pyridine rings is 1. The second-order valence-corrected chi connectivity index (χ2v) is 4.03. The van der Waals surface area contributed by atoms with Crippen molar-refractivity contribution in [2.45, 2.75) is 13.0 Å². The summed E-state index contributed by atoms with van der Waals surface area (Å²) in [5, 5.41) is 0. The minimum Gasteiger partial charge on any atom is -0.492 e. The first-order valence-corrected chi connectivity index (χ1v) is 5.90. The number of nitrogens with zero attached hydrogens (tertiary/aromatic N) is 1. The maximum Gasteiger partial charge on any atom is 0.137 e. The summed E-state index contributed by atoms with van der Waals surface area (Å²) in [7, 11) is 0. The second kappa shape index (κ2) is 5.75. The molecular formula is C14H14F2N2O. The van der Waals surface area contributed by atoms with Gasteiger partial charge in [-0.25, -0.2) is 8.78 Å². The van der Waals surface area contributed by atoms with Crippen LogP contribution in [0.4, 0.5) is 8.78 Å². The summed E-state index contributed by atoms with van der Waals surface area (Å²) in [6.45, 7) is 2.34. The Bertz CT molecular complexity index is 575. The number of halogens is 2. The van der Waals surface area contributed by atoms with Gasteiger partial charge in [-0.1, -0.05) is 0 Å². The fourth-order valence-corrected chi connectivity index (χ4v) is 1.78. The quantitative estimate of drug-likeness (QED) is 0.923. The van der Waals surface area contributed by atoms with Gasteiger partial charge < -0.3 is 10.5 Å². The van der Waals surface area contributed by atoms with Crippen LogP contribution in [0, 0.1) is 11.6 Å². The molecule has 0 amide bonds. The fourth-order valence-electron chi connectivity index (χ4n) is 1.78. The lowest BCUT2D eigenvalue weighted by atomic mass is 10.0. The highest BCUT2D eigenvalue weighted by molar-refractivity contribution is 5.34. The first-order valence-electron chi connectivity index (χ1n) is 5.90. The van der Waals surface area contributed by atoms with Gasteiger partial charge in [-0.2, -0.15) is 0 Å². The topological polar surface area (TPSA) is 48.1 Å². The molecule has 19 heavy (non-hydrogen) atoms. The number of benzene rings is 1. The van der Waals surface area contributed by atoms with Crippen LogP contribution in [-0.2, 0) is 0 Å². The molecule has 0 radical (unpaired) electrons. The lowest BCUT2D eigenvalue weighted by molar-refractivity contribution is 0.338. The third kappa shape index (κ3) is 3.06. The zero-order chi connectivity index (χ0) is 13.8. The van der Waals surface area contributed by atoms with E-state index < -0.39 is 17.7 Å². The molecule has 100 valence electrons. The van der Waals surface area contributed by atoms with Crippen molar-refractivity contribution in [1.29, 1.82) is 0 Å². The second-order valence-electron chi connectivity index (χ2n) is 4.03. The van der Waals surface area contributed by atoms with Gasteiger partial charge >= 0.3 is 0 Å². The molecule has 1 heterocycles.